The Labute approximate surface area is 95.5 Å². The monoisotopic (exact) mass is 229 g/mol. The number of halogens is 1. The summed E-state index contributed by atoms with van der Waals surface area (Å²) in [4.78, 5) is 14.8. The van der Waals surface area contributed by atoms with Crippen LogP contribution in [0, 0.1) is 5.82 Å². The van der Waals surface area contributed by atoms with Crippen LogP contribution in [0.2, 0.25) is 0 Å². The number of hydrogen-bond donors (Lipinski definition) is 2. The second kappa shape index (κ2) is 3.51. The van der Waals surface area contributed by atoms with Crippen LogP contribution in [0.5, 0.6) is 0 Å². The van der Waals surface area contributed by atoms with Crippen molar-refractivity contribution in [1.29, 1.82) is 0 Å². The molecule has 0 radical (unpaired) electrons. The van der Waals surface area contributed by atoms with Crippen molar-refractivity contribution in [2.75, 3.05) is 5.73 Å². The molecular formula is C11H8FN5. The van der Waals surface area contributed by atoms with Gasteiger partial charge in [0.2, 0.25) is 5.95 Å². The van der Waals surface area contributed by atoms with Crippen LogP contribution < -0.4 is 5.73 Å². The van der Waals surface area contributed by atoms with Crippen molar-refractivity contribution in [3.63, 3.8) is 0 Å². The molecule has 0 amide bonds. The lowest BCUT2D eigenvalue weighted by Crippen LogP contribution is -1.94. The predicted molar refractivity (Wildman–Crippen MR) is 61.5 cm³/mol. The maximum Gasteiger partial charge on any atom is 0.220 e. The number of fused-ring (bicyclic) bond motifs is 1. The summed E-state index contributed by atoms with van der Waals surface area (Å²) < 4.78 is 13.2. The van der Waals surface area contributed by atoms with E-state index in [2.05, 4.69) is 19.9 Å². The van der Waals surface area contributed by atoms with Gasteiger partial charge >= 0.3 is 0 Å². The highest BCUT2D eigenvalue weighted by Crippen LogP contribution is 2.26. The molecule has 0 unspecified atom stereocenters. The van der Waals surface area contributed by atoms with E-state index >= 15 is 0 Å². The number of H-pyrrole nitrogens is 1. The molecule has 0 fully saturated rings. The minimum Gasteiger partial charge on any atom is -0.368 e. The zero-order valence-electron chi connectivity index (χ0n) is 8.68. The van der Waals surface area contributed by atoms with Crippen LogP contribution in [0.15, 0.2) is 30.7 Å². The quantitative estimate of drug-likeness (QED) is 0.666. The Balaban J connectivity index is 2.27. The van der Waals surface area contributed by atoms with Gasteiger partial charge in [0.25, 0.3) is 0 Å². The van der Waals surface area contributed by atoms with Gasteiger partial charge in [-0.05, 0) is 12.1 Å². The first-order valence-electron chi connectivity index (χ1n) is 4.95. The Morgan fingerprint density at radius 1 is 1.29 bits per heavy atom. The van der Waals surface area contributed by atoms with Crippen molar-refractivity contribution in [3.8, 4) is 11.3 Å². The first-order valence-corrected chi connectivity index (χ1v) is 4.95. The van der Waals surface area contributed by atoms with E-state index in [0.717, 1.165) is 11.8 Å². The second-order valence-electron chi connectivity index (χ2n) is 3.55. The number of nitrogens with zero attached hydrogens (tertiary/aromatic N) is 3. The Bertz CT molecular complexity index is 691. The molecule has 0 spiro atoms. The Kier molecular flexibility index (Phi) is 2.01. The van der Waals surface area contributed by atoms with Gasteiger partial charge in [-0.2, -0.15) is 0 Å². The van der Waals surface area contributed by atoms with E-state index < -0.39 is 0 Å². The third-order valence-electron chi connectivity index (χ3n) is 2.45. The molecule has 3 aromatic rings. The molecule has 3 heterocycles. The van der Waals surface area contributed by atoms with E-state index in [4.69, 9.17) is 5.73 Å². The first-order chi connectivity index (χ1) is 8.24. The summed E-state index contributed by atoms with van der Waals surface area (Å²) in [5.41, 5.74) is 7.51. The maximum atomic E-state index is 13.2. The van der Waals surface area contributed by atoms with Crippen LogP contribution in [-0.2, 0) is 0 Å². The van der Waals surface area contributed by atoms with Gasteiger partial charge in [-0.25, -0.2) is 19.3 Å². The highest BCUT2D eigenvalue weighted by Gasteiger charge is 2.09. The van der Waals surface area contributed by atoms with Crippen LogP contribution in [0.25, 0.3) is 22.3 Å². The van der Waals surface area contributed by atoms with Crippen LogP contribution in [0.3, 0.4) is 0 Å². The van der Waals surface area contributed by atoms with Gasteiger partial charge in [0, 0.05) is 23.3 Å². The number of aromatic nitrogens is 4. The smallest absolute Gasteiger partial charge is 0.220 e. The van der Waals surface area contributed by atoms with Crippen molar-refractivity contribution >= 4 is 17.0 Å². The fourth-order valence-electron chi connectivity index (χ4n) is 1.71. The molecule has 0 aliphatic heterocycles. The van der Waals surface area contributed by atoms with Crippen molar-refractivity contribution < 1.29 is 4.39 Å². The molecule has 84 valence electrons. The van der Waals surface area contributed by atoms with Crippen molar-refractivity contribution in [2.24, 2.45) is 0 Å². The van der Waals surface area contributed by atoms with Gasteiger partial charge in [0.15, 0.2) is 0 Å². The zero-order chi connectivity index (χ0) is 11.8. The Hall–Kier alpha value is -2.50. The van der Waals surface area contributed by atoms with Gasteiger partial charge < -0.3 is 10.7 Å². The number of nitrogens with two attached hydrogens (primary N) is 1. The molecule has 0 aliphatic carbocycles. The highest BCUT2D eigenvalue weighted by molar-refractivity contribution is 5.92. The number of aromatic amines is 1. The molecule has 0 saturated heterocycles. The normalized spacial score (nSPS) is 10.9. The SMILES string of the molecule is Nc1nccc(-c2c[nH]c3ncc(F)cc23)n1. The van der Waals surface area contributed by atoms with Crippen molar-refractivity contribution in [1.82, 2.24) is 19.9 Å². The van der Waals surface area contributed by atoms with Gasteiger partial charge in [-0.3, -0.25) is 0 Å². The molecule has 0 aliphatic rings. The standard InChI is InChI=1S/C11H8FN5/c12-6-3-7-8(5-16-10(7)15-4-6)9-1-2-14-11(13)17-9/h1-5H,(H,15,16)(H2,13,14,17). The van der Waals surface area contributed by atoms with Crippen LogP contribution >= 0.6 is 0 Å². The molecule has 0 atom stereocenters. The number of hydrogen-bond acceptors (Lipinski definition) is 4. The molecule has 6 heteroatoms. The van der Waals surface area contributed by atoms with E-state index in [-0.39, 0.29) is 11.8 Å². The van der Waals surface area contributed by atoms with E-state index in [1.165, 1.54) is 6.07 Å². The van der Waals surface area contributed by atoms with Crippen molar-refractivity contribution in [2.45, 2.75) is 0 Å². The number of nitrogen functional groups attached to an aromatic ring is 1. The second-order valence-corrected chi connectivity index (χ2v) is 3.55. The van der Waals surface area contributed by atoms with E-state index in [9.17, 15) is 4.39 Å². The highest BCUT2D eigenvalue weighted by atomic mass is 19.1. The lowest BCUT2D eigenvalue weighted by molar-refractivity contribution is 0.624. The topological polar surface area (TPSA) is 80.5 Å². The van der Waals surface area contributed by atoms with Gasteiger partial charge in [-0.15, -0.1) is 0 Å². The summed E-state index contributed by atoms with van der Waals surface area (Å²) in [6, 6.07) is 3.12. The molecule has 3 N–H and O–H groups in total. The fourth-order valence-corrected chi connectivity index (χ4v) is 1.71. The Morgan fingerprint density at radius 2 is 2.18 bits per heavy atom. The van der Waals surface area contributed by atoms with E-state index in [0.29, 0.717) is 16.7 Å². The van der Waals surface area contributed by atoms with E-state index in [1.54, 1.807) is 18.5 Å². The fraction of sp³-hybridized carbons (Fsp3) is 0. The lowest BCUT2D eigenvalue weighted by Gasteiger charge is -1.99. The molecule has 3 aromatic heterocycles. The molecule has 0 saturated carbocycles. The van der Waals surface area contributed by atoms with Crippen molar-refractivity contribution in [3.05, 3.63) is 36.5 Å². The average molecular weight is 229 g/mol. The van der Waals surface area contributed by atoms with E-state index in [1.807, 2.05) is 0 Å². The number of pyridine rings is 1. The number of nitrogens with one attached hydrogen (secondary N) is 1. The van der Waals surface area contributed by atoms with Gasteiger partial charge in [0.1, 0.15) is 11.5 Å². The minimum atomic E-state index is -0.389. The summed E-state index contributed by atoms with van der Waals surface area (Å²) >= 11 is 0. The first kappa shape index (κ1) is 9.71. The summed E-state index contributed by atoms with van der Waals surface area (Å²) in [5.74, 6) is -0.207. The predicted octanol–water partition coefficient (Wildman–Crippen LogP) is 1.74. The zero-order valence-corrected chi connectivity index (χ0v) is 8.68. The van der Waals surface area contributed by atoms with Crippen LogP contribution in [0.4, 0.5) is 10.3 Å². The van der Waals surface area contributed by atoms with Crippen LogP contribution in [0.1, 0.15) is 0 Å². The van der Waals surface area contributed by atoms with Crippen LogP contribution in [-0.4, -0.2) is 19.9 Å². The average Bonchev–Trinajstić information content (AvgIpc) is 2.71. The largest absolute Gasteiger partial charge is 0.368 e. The molecule has 3 rings (SSSR count). The molecular weight excluding hydrogens is 221 g/mol. The third-order valence-corrected chi connectivity index (χ3v) is 2.45. The molecule has 5 nitrogen and oxygen atoms in total. The summed E-state index contributed by atoms with van der Waals surface area (Å²) in [5, 5.41) is 0.670. The molecule has 17 heavy (non-hydrogen) atoms. The summed E-state index contributed by atoms with van der Waals surface area (Å²) in [7, 11) is 0. The lowest BCUT2D eigenvalue weighted by atomic mass is 10.1. The number of anilines is 1. The maximum absolute atomic E-state index is 13.2. The number of rotatable bonds is 1. The molecule has 0 aromatic carbocycles. The Morgan fingerprint density at radius 3 is 3.00 bits per heavy atom. The third kappa shape index (κ3) is 1.59. The van der Waals surface area contributed by atoms with Gasteiger partial charge in [-0.1, -0.05) is 0 Å². The summed E-state index contributed by atoms with van der Waals surface area (Å²) in [6.07, 6.45) is 4.44. The molecule has 0 bridgehead atoms. The van der Waals surface area contributed by atoms with Gasteiger partial charge in [0.05, 0.1) is 11.9 Å². The summed E-state index contributed by atoms with van der Waals surface area (Å²) in [6.45, 7) is 0. The minimum absolute atomic E-state index is 0.182.